The van der Waals surface area contributed by atoms with Crippen LogP contribution in [0, 0.1) is 23.7 Å². The lowest BCUT2D eigenvalue weighted by Gasteiger charge is -2.25. The van der Waals surface area contributed by atoms with Crippen molar-refractivity contribution in [3.05, 3.63) is 198 Å². The molecule has 0 radical (unpaired) electrons. The lowest BCUT2D eigenvalue weighted by atomic mass is 9.91. The van der Waals surface area contributed by atoms with Gasteiger partial charge in [0.1, 0.15) is 11.6 Å². The van der Waals surface area contributed by atoms with Gasteiger partial charge in [-0.05, 0) is 117 Å². The fourth-order valence-corrected chi connectivity index (χ4v) is 9.96. The second-order valence-corrected chi connectivity index (χ2v) is 15.6. The second-order valence-electron chi connectivity index (χ2n) is 15.6. The molecule has 0 saturated heterocycles. The molecule has 3 nitrogen and oxygen atoms in total. The number of rotatable bonds is 6. The highest BCUT2D eigenvalue weighted by Gasteiger charge is 2.52. The highest BCUT2D eigenvalue weighted by Crippen LogP contribution is 2.62. The Morgan fingerprint density at radius 3 is 1.30 bits per heavy atom. The number of pyridine rings is 2. The van der Waals surface area contributed by atoms with Crippen molar-refractivity contribution in [1.82, 2.24) is 9.97 Å². The Morgan fingerprint density at radius 2 is 0.811 bits per heavy atom. The van der Waals surface area contributed by atoms with Crippen LogP contribution in [0.2, 0.25) is 0 Å². The Hall–Kier alpha value is -6.06. The zero-order valence-corrected chi connectivity index (χ0v) is 29.2. The smallest absolute Gasteiger partial charge is 0.139 e. The summed E-state index contributed by atoms with van der Waals surface area (Å²) in [5.41, 5.74) is 13.5. The second kappa shape index (κ2) is 11.2. The summed E-state index contributed by atoms with van der Waals surface area (Å²) in [6.07, 6.45) is 19.4. The van der Waals surface area contributed by atoms with Crippen molar-refractivity contribution in [2.24, 2.45) is 23.7 Å². The molecule has 0 N–H and O–H groups in total. The minimum atomic E-state index is 0.334. The highest BCUT2D eigenvalue weighted by molar-refractivity contribution is 5.78. The largest absolute Gasteiger partial charge is 0.279 e. The molecule has 2 saturated carbocycles. The van der Waals surface area contributed by atoms with E-state index >= 15 is 0 Å². The van der Waals surface area contributed by atoms with E-state index < -0.39 is 0 Å². The van der Waals surface area contributed by atoms with Gasteiger partial charge in [0.05, 0.1) is 11.4 Å². The number of allylic oxidation sites excluding steroid dienone is 8. The molecule has 6 aromatic rings. The first kappa shape index (κ1) is 29.5. The van der Waals surface area contributed by atoms with Gasteiger partial charge in [-0.15, -0.1) is 0 Å². The van der Waals surface area contributed by atoms with Crippen LogP contribution < -0.4 is 4.90 Å². The van der Waals surface area contributed by atoms with Crippen LogP contribution in [-0.4, -0.2) is 9.97 Å². The van der Waals surface area contributed by atoms with Crippen LogP contribution in [0.1, 0.15) is 45.9 Å². The van der Waals surface area contributed by atoms with Gasteiger partial charge in [-0.25, -0.2) is 9.97 Å². The average molecular weight is 680 g/mol. The summed E-state index contributed by atoms with van der Waals surface area (Å²) in [6.45, 7) is 0. The van der Waals surface area contributed by atoms with E-state index in [0.29, 0.717) is 47.3 Å². The molecule has 0 spiro atoms. The van der Waals surface area contributed by atoms with E-state index in [1.165, 1.54) is 33.4 Å². The quantitative estimate of drug-likeness (QED) is 0.164. The summed E-state index contributed by atoms with van der Waals surface area (Å²) in [5.74, 6) is 6.24. The topological polar surface area (TPSA) is 29.0 Å². The van der Waals surface area contributed by atoms with Crippen molar-refractivity contribution >= 4 is 17.3 Å². The van der Waals surface area contributed by atoms with Crippen LogP contribution in [0.25, 0.3) is 33.6 Å². The standard InChI is InChI=1S/C50H37N3/c1-2-6-30(7-3-1)31-12-20-36(21-13-31)53(47-10-4-8-45(51-47)34-18-26-41-43(28-34)32-14-22-37-38(23-15-32)49(37)41)48-11-5-9-46(52-48)35-19-27-42-44(29-35)33-16-24-39-40(25-17-33)50(39)42/h1-29,32-33,37-40,49-50H. The van der Waals surface area contributed by atoms with Gasteiger partial charge in [0, 0.05) is 28.7 Å². The zero-order chi connectivity index (χ0) is 34.6. The van der Waals surface area contributed by atoms with Crippen molar-refractivity contribution in [3.63, 3.8) is 0 Å². The van der Waals surface area contributed by atoms with E-state index in [1.807, 2.05) is 0 Å². The first-order valence-electron chi connectivity index (χ1n) is 19.2. The van der Waals surface area contributed by atoms with Crippen LogP contribution in [0.15, 0.2) is 176 Å². The maximum Gasteiger partial charge on any atom is 0.139 e. The van der Waals surface area contributed by atoms with Crippen LogP contribution in [0.4, 0.5) is 17.3 Å². The lowest BCUT2D eigenvalue weighted by molar-refractivity contribution is 1.00. The van der Waals surface area contributed by atoms with E-state index in [4.69, 9.17) is 9.97 Å². The molecule has 0 aliphatic heterocycles. The zero-order valence-electron chi connectivity index (χ0n) is 29.2. The van der Waals surface area contributed by atoms with E-state index in [9.17, 15) is 0 Å². The molecule has 252 valence electrons. The van der Waals surface area contributed by atoms with E-state index in [-0.39, 0.29) is 0 Å². The molecule has 2 fully saturated rings. The summed E-state index contributed by atoms with van der Waals surface area (Å²) in [4.78, 5) is 13.0. The minimum absolute atomic E-state index is 0.334. The fraction of sp³-hybridized carbons (Fsp3) is 0.160. The summed E-state index contributed by atoms with van der Waals surface area (Å²) in [7, 11) is 0. The van der Waals surface area contributed by atoms with E-state index in [1.54, 1.807) is 0 Å². The molecule has 4 atom stereocenters. The van der Waals surface area contributed by atoms with Crippen LogP contribution in [0.5, 0.6) is 0 Å². The minimum Gasteiger partial charge on any atom is -0.279 e. The molecule has 0 amide bonds. The van der Waals surface area contributed by atoms with Crippen molar-refractivity contribution in [2.45, 2.75) is 23.7 Å². The molecular formula is C50H37N3. The first-order valence-corrected chi connectivity index (χ1v) is 19.2. The van der Waals surface area contributed by atoms with Gasteiger partial charge in [0.2, 0.25) is 0 Å². The number of hydrogen-bond donors (Lipinski definition) is 0. The SMILES string of the molecule is C1=CC2C3C=CC1c1cc(-c4cccc(N(c5ccc(-c6ccccc6)cc5)c5cccc(-c6ccc7c(c6)C6C=CC8C(C=C6)C78)n5)n4)ccc1C23. The van der Waals surface area contributed by atoms with Crippen molar-refractivity contribution in [2.75, 3.05) is 4.90 Å². The Kier molecular flexibility index (Phi) is 6.25. The van der Waals surface area contributed by atoms with E-state index in [0.717, 1.165) is 39.8 Å². The molecule has 3 heteroatoms. The van der Waals surface area contributed by atoms with Gasteiger partial charge in [0.25, 0.3) is 0 Å². The molecule has 8 aliphatic rings. The Balaban J connectivity index is 0.955. The lowest BCUT2D eigenvalue weighted by Crippen LogP contribution is -2.13. The van der Waals surface area contributed by atoms with Gasteiger partial charge >= 0.3 is 0 Å². The molecule has 8 aliphatic carbocycles. The van der Waals surface area contributed by atoms with Gasteiger partial charge < -0.3 is 0 Å². The molecular weight excluding hydrogens is 643 g/mol. The third-order valence-electron chi connectivity index (χ3n) is 12.8. The number of nitrogens with zero attached hydrogens (tertiary/aromatic N) is 3. The third-order valence-corrected chi connectivity index (χ3v) is 12.8. The molecule has 8 bridgehead atoms. The number of anilines is 3. The first-order chi connectivity index (χ1) is 26.2. The Morgan fingerprint density at radius 1 is 0.358 bits per heavy atom. The maximum absolute atomic E-state index is 5.38. The van der Waals surface area contributed by atoms with Crippen molar-refractivity contribution < 1.29 is 0 Å². The summed E-state index contributed by atoms with van der Waals surface area (Å²) >= 11 is 0. The molecule has 4 unspecified atom stereocenters. The average Bonchev–Trinajstić information content (AvgIpc) is 4.11. The maximum atomic E-state index is 5.38. The van der Waals surface area contributed by atoms with Crippen LogP contribution in [-0.2, 0) is 0 Å². The molecule has 14 rings (SSSR count). The fourth-order valence-electron chi connectivity index (χ4n) is 9.96. The highest BCUT2D eigenvalue weighted by atomic mass is 15.2. The normalized spacial score (nSPS) is 26.9. The van der Waals surface area contributed by atoms with Gasteiger partial charge in [-0.3, -0.25) is 4.90 Å². The van der Waals surface area contributed by atoms with Crippen LogP contribution >= 0.6 is 0 Å². The summed E-state index contributed by atoms with van der Waals surface area (Å²) in [5, 5.41) is 0. The number of hydrogen-bond acceptors (Lipinski definition) is 3. The number of aromatic nitrogens is 2. The molecule has 4 aromatic carbocycles. The molecule has 2 aromatic heterocycles. The van der Waals surface area contributed by atoms with Gasteiger partial charge in [-0.2, -0.15) is 0 Å². The third kappa shape index (κ3) is 4.66. The van der Waals surface area contributed by atoms with Crippen LogP contribution in [0.3, 0.4) is 0 Å². The predicted molar refractivity (Wildman–Crippen MR) is 215 cm³/mol. The van der Waals surface area contributed by atoms with Gasteiger partial charge in [0.15, 0.2) is 0 Å². The monoisotopic (exact) mass is 679 g/mol. The summed E-state index contributed by atoms with van der Waals surface area (Å²) in [6, 6.07) is 46.2. The summed E-state index contributed by atoms with van der Waals surface area (Å²) < 4.78 is 0. The predicted octanol–water partition coefficient (Wildman–Crippen LogP) is 12.1. The number of benzene rings is 4. The Labute approximate surface area is 310 Å². The van der Waals surface area contributed by atoms with Crippen molar-refractivity contribution in [3.8, 4) is 33.6 Å². The molecule has 53 heavy (non-hydrogen) atoms. The molecule has 2 heterocycles. The van der Waals surface area contributed by atoms with Gasteiger partial charge in [-0.1, -0.05) is 127 Å². The Bertz CT molecular complexity index is 2400. The van der Waals surface area contributed by atoms with E-state index in [2.05, 4.69) is 181 Å². The van der Waals surface area contributed by atoms with Crippen molar-refractivity contribution in [1.29, 1.82) is 0 Å².